The summed E-state index contributed by atoms with van der Waals surface area (Å²) < 4.78 is 32.7. The molecule has 8 aromatic heterocycles. The number of aromatic nitrogens is 4. The minimum atomic E-state index is 0.885. The second-order valence-corrected chi connectivity index (χ2v) is 35.9. The van der Waals surface area contributed by atoms with Crippen LogP contribution in [0.25, 0.3) is 271 Å². The van der Waals surface area contributed by atoms with Crippen LogP contribution in [0, 0.1) is 0 Å². The van der Waals surface area contributed by atoms with E-state index in [4.69, 9.17) is 22.7 Å². The van der Waals surface area contributed by atoms with Crippen LogP contribution in [0.5, 0.6) is 0 Å². The predicted molar refractivity (Wildman–Crippen MR) is 578 cm³/mol. The number of hydrogen-bond acceptors (Lipinski definition) is 5. The van der Waals surface area contributed by atoms with Gasteiger partial charge in [-0.15, -0.1) is 0 Å². The van der Waals surface area contributed by atoms with Crippen molar-refractivity contribution < 1.29 is 17.7 Å². The molecule has 0 aliphatic heterocycles. The first kappa shape index (κ1) is 80.1. The smallest absolute Gasteiger partial charge is 0.159 e. The van der Waals surface area contributed by atoms with E-state index in [0.29, 0.717) is 0 Å². The molecule has 0 saturated heterocycles. The number of benzene rings is 21. The van der Waals surface area contributed by atoms with Crippen molar-refractivity contribution in [3.05, 3.63) is 497 Å². The third-order valence-corrected chi connectivity index (χ3v) is 27.8. The van der Waals surface area contributed by atoms with Gasteiger partial charge in [0.25, 0.3) is 0 Å². The third kappa shape index (κ3) is 13.9. The quantitative estimate of drug-likeness (QED) is 0.122. The molecule has 0 spiro atoms. The lowest BCUT2D eigenvalue weighted by Gasteiger charge is -2.12. The third-order valence-electron chi connectivity index (χ3n) is 27.8. The molecule has 0 radical (unpaired) electrons. The average molecular weight is 1780 g/mol. The van der Waals surface area contributed by atoms with E-state index in [2.05, 4.69) is 469 Å². The van der Waals surface area contributed by atoms with Crippen molar-refractivity contribution in [2.75, 3.05) is 0 Å². The van der Waals surface area contributed by atoms with Crippen LogP contribution in [0.15, 0.2) is 515 Å². The standard InChI is InChI=1S/C48H29NO2.C42H26N2O.C41H27NO/c1-2-12-35(13-3-1)49-43-18-6-4-14-37(43)40-27-31(20-23-44(40)49)33-22-25-47-42(29-33)41-28-32(21-24-46(41)50-47)30-10-8-11-34(26-30)36-16-9-17-39-38-15-5-7-19-45(38)51-48(36)39;1-5-18-36-30(13-1)31-14-2-6-19-37(31)43(36)29-12-9-11-27(25-29)28-23-24-39-35(26-28)32-15-3-7-20-38(32)44(39)40-21-10-17-34-33-16-4-8-22-41(33)45-42(34)40;1-3-12-28(13-4-1)30-16-9-18-32(24-30)38-26-34(29-14-5-2-6-15-29)27-39(42-38)33-19-10-17-31(25-33)35-21-11-22-37-36-20-7-8-23-40(36)43-41(35)37/h1-29H;1-26H;1-27H. The van der Waals surface area contributed by atoms with E-state index in [1.54, 1.807) is 0 Å². The summed E-state index contributed by atoms with van der Waals surface area (Å²) in [5.41, 5.74) is 37.8. The molecule has 0 bridgehead atoms. The van der Waals surface area contributed by atoms with E-state index < -0.39 is 0 Å². The molecule has 0 amide bonds. The number of fused-ring (bicyclic) bond motifs is 21. The summed E-state index contributed by atoms with van der Waals surface area (Å²) >= 11 is 0. The van der Waals surface area contributed by atoms with Gasteiger partial charge in [0.2, 0.25) is 0 Å². The van der Waals surface area contributed by atoms with Gasteiger partial charge in [0.1, 0.15) is 39.1 Å². The first-order chi connectivity index (χ1) is 68.9. The van der Waals surface area contributed by atoms with Crippen molar-refractivity contribution >= 4 is 153 Å². The van der Waals surface area contributed by atoms with Crippen LogP contribution in [-0.2, 0) is 0 Å². The van der Waals surface area contributed by atoms with Gasteiger partial charge in [0.15, 0.2) is 5.58 Å². The van der Waals surface area contributed by atoms with Crippen molar-refractivity contribution in [1.82, 2.24) is 18.7 Å². The molecular weight excluding hydrogens is 1690 g/mol. The van der Waals surface area contributed by atoms with Crippen molar-refractivity contribution in [3.63, 3.8) is 0 Å². The van der Waals surface area contributed by atoms with Gasteiger partial charge in [-0.2, -0.15) is 0 Å². The summed E-state index contributed by atoms with van der Waals surface area (Å²) in [7, 11) is 0. The van der Waals surface area contributed by atoms with E-state index in [0.717, 1.165) is 188 Å². The summed E-state index contributed by atoms with van der Waals surface area (Å²) in [4.78, 5) is 5.24. The van der Waals surface area contributed by atoms with Crippen LogP contribution in [0.1, 0.15) is 0 Å². The van der Waals surface area contributed by atoms with Gasteiger partial charge in [0, 0.05) is 109 Å². The molecule has 8 nitrogen and oxygen atoms in total. The molecule has 139 heavy (non-hydrogen) atoms. The van der Waals surface area contributed by atoms with Gasteiger partial charge in [-0.05, 0) is 218 Å². The molecule has 0 saturated carbocycles. The van der Waals surface area contributed by atoms with Gasteiger partial charge < -0.3 is 31.4 Å². The SMILES string of the molecule is c1cc(-c2ccc3c(c2)c2ccccc2n3-c2cccc3c2oc2ccccc23)cc(-n2c3ccccc3c3ccccc32)c1.c1ccc(-c2cccc(-c3cc(-c4ccccc4)cc(-c4cccc(-c5cccc6c5oc5ccccc56)c4)n3)c2)cc1.c1ccc(-n2c3ccccc3c3cc(-c4ccc5oc6ccc(-c7cccc(-c8cccc9c8oc8ccccc89)c7)cc6c5c4)ccc32)cc1. The maximum atomic E-state index is 6.48. The topological polar surface area (TPSA) is 80.2 Å². The summed E-state index contributed by atoms with van der Waals surface area (Å²) in [5, 5.41) is 16.5. The Bertz CT molecular complexity index is 9880. The maximum absolute atomic E-state index is 6.48. The number of rotatable bonds is 12. The van der Waals surface area contributed by atoms with Crippen LogP contribution < -0.4 is 0 Å². The van der Waals surface area contributed by atoms with Gasteiger partial charge in [-0.25, -0.2) is 4.98 Å². The number of pyridine rings is 1. The number of hydrogen-bond donors (Lipinski definition) is 0. The lowest BCUT2D eigenvalue weighted by atomic mass is 9.96. The fourth-order valence-electron chi connectivity index (χ4n) is 21.3. The molecule has 8 heteroatoms. The fourth-order valence-corrected chi connectivity index (χ4v) is 21.3. The van der Waals surface area contributed by atoms with E-state index in [9.17, 15) is 0 Å². The highest BCUT2D eigenvalue weighted by Gasteiger charge is 2.24. The second kappa shape index (κ2) is 33.2. The zero-order valence-corrected chi connectivity index (χ0v) is 75.3. The summed E-state index contributed by atoms with van der Waals surface area (Å²) in [6.07, 6.45) is 0. The highest BCUT2D eigenvalue weighted by Crippen LogP contribution is 2.47. The minimum absolute atomic E-state index is 0.885. The summed E-state index contributed by atoms with van der Waals surface area (Å²) in [6, 6.07) is 176. The molecule has 0 fully saturated rings. The molecular formula is C131H82N4O4. The maximum Gasteiger partial charge on any atom is 0.159 e. The lowest BCUT2D eigenvalue weighted by molar-refractivity contribution is 0.666. The molecule has 8 heterocycles. The number of para-hydroxylation sites is 11. The zero-order valence-electron chi connectivity index (χ0n) is 75.3. The average Bonchev–Trinajstić information content (AvgIpc) is 1.56. The Morgan fingerprint density at radius 1 is 0.144 bits per heavy atom. The van der Waals surface area contributed by atoms with Gasteiger partial charge in [-0.1, -0.05) is 346 Å². The Hall–Kier alpha value is -18.6. The molecule has 21 aromatic carbocycles. The van der Waals surface area contributed by atoms with Crippen LogP contribution in [0.3, 0.4) is 0 Å². The number of nitrogens with zero attached hydrogens (tertiary/aromatic N) is 4. The normalized spacial score (nSPS) is 11.7. The van der Waals surface area contributed by atoms with Crippen LogP contribution in [0.4, 0.5) is 0 Å². The molecule has 29 aromatic rings. The first-order valence-electron chi connectivity index (χ1n) is 47.2. The Morgan fingerprint density at radius 2 is 0.439 bits per heavy atom. The molecule has 0 aliphatic carbocycles. The molecule has 0 N–H and O–H groups in total. The molecule has 0 unspecified atom stereocenters. The van der Waals surface area contributed by atoms with Gasteiger partial charge in [-0.3, -0.25) is 0 Å². The zero-order chi connectivity index (χ0) is 91.5. The van der Waals surface area contributed by atoms with Crippen molar-refractivity contribution in [3.8, 4) is 117 Å². The van der Waals surface area contributed by atoms with Crippen molar-refractivity contribution in [2.24, 2.45) is 0 Å². The monoisotopic (exact) mass is 1770 g/mol. The Balaban J connectivity index is 0.000000105. The van der Waals surface area contributed by atoms with E-state index in [-0.39, 0.29) is 0 Å². The second-order valence-electron chi connectivity index (χ2n) is 35.9. The van der Waals surface area contributed by atoms with Crippen molar-refractivity contribution in [1.29, 1.82) is 0 Å². The van der Waals surface area contributed by atoms with Crippen molar-refractivity contribution in [2.45, 2.75) is 0 Å². The highest BCUT2D eigenvalue weighted by molar-refractivity contribution is 6.17. The van der Waals surface area contributed by atoms with Crippen LogP contribution in [-0.4, -0.2) is 18.7 Å². The van der Waals surface area contributed by atoms with Crippen LogP contribution in [0.2, 0.25) is 0 Å². The first-order valence-corrected chi connectivity index (χ1v) is 47.2. The summed E-state index contributed by atoms with van der Waals surface area (Å²) in [5.74, 6) is 0. The van der Waals surface area contributed by atoms with E-state index >= 15 is 0 Å². The lowest BCUT2D eigenvalue weighted by Crippen LogP contribution is -1.95. The number of furan rings is 4. The van der Waals surface area contributed by atoms with Crippen LogP contribution >= 0.6 is 0 Å². The molecule has 0 aliphatic rings. The Kier molecular flexibility index (Phi) is 19.1. The highest BCUT2D eigenvalue weighted by atomic mass is 16.3. The summed E-state index contributed by atoms with van der Waals surface area (Å²) in [6.45, 7) is 0. The van der Waals surface area contributed by atoms with E-state index in [1.165, 1.54) is 82.2 Å². The minimum Gasteiger partial charge on any atom is -0.456 e. The Morgan fingerprint density at radius 3 is 0.942 bits per heavy atom. The predicted octanol–water partition coefficient (Wildman–Crippen LogP) is 36.3. The van der Waals surface area contributed by atoms with Gasteiger partial charge >= 0.3 is 0 Å². The Labute approximate surface area is 798 Å². The molecule has 0 atom stereocenters. The van der Waals surface area contributed by atoms with Gasteiger partial charge in [0.05, 0.1) is 50.2 Å². The largest absolute Gasteiger partial charge is 0.456 e. The molecule has 29 rings (SSSR count). The fraction of sp³-hybridized carbons (Fsp3) is 0. The van der Waals surface area contributed by atoms with E-state index in [1.807, 2.05) is 42.5 Å². The molecule has 650 valence electrons.